The fourth-order valence-electron chi connectivity index (χ4n) is 3.88. The molecule has 0 saturated carbocycles. The number of benzene rings is 1. The van der Waals surface area contributed by atoms with Gasteiger partial charge in [0.2, 0.25) is 5.91 Å². The number of amides is 3. The molecule has 1 N–H and O–H groups in total. The smallest absolute Gasteiger partial charge is 0.317 e. The Morgan fingerprint density at radius 3 is 2.33 bits per heavy atom. The highest BCUT2D eigenvalue weighted by Crippen LogP contribution is 2.19. The van der Waals surface area contributed by atoms with Crippen LogP contribution in [0, 0.1) is 11.6 Å². The van der Waals surface area contributed by atoms with E-state index in [1.807, 2.05) is 11.8 Å². The van der Waals surface area contributed by atoms with Gasteiger partial charge in [0, 0.05) is 57.8 Å². The third-order valence-electron chi connectivity index (χ3n) is 5.88. The summed E-state index contributed by atoms with van der Waals surface area (Å²) in [5.41, 5.74) is 0.372. The zero-order chi connectivity index (χ0) is 21.7. The number of hydrogen-bond donors (Lipinski definition) is 1. The number of halogens is 2. The normalized spacial score (nSPS) is 20.0. The molecule has 166 valence electrons. The first-order valence-electron chi connectivity index (χ1n) is 10.4. The molecule has 1 aromatic rings. The largest absolute Gasteiger partial charge is 0.378 e. The number of piperazine rings is 1. The molecule has 2 aliphatic heterocycles. The molecular formula is C21H30F2N4O3. The summed E-state index contributed by atoms with van der Waals surface area (Å²) in [6.07, 6.45) is 0. The maximum absolute atomic E-state index is 13.9. The van der Waals surface area contributed by atoms with Gasteiger partial charge in [0.25, 0.3) is 0 Å². The lowest BCUT2D eigenvalue weighted by Gasteiger charge is -2.39. The molecule has 2 unspecified atom stereocenters. The number of carbonyl (C=O) groups excluding carboxylic acids is 2. The van der Waals surface area contributed by atoms with Gasteiger partial charge in [-0.25, -0.2) is 13.6 Å². The van der Waals surface area contributed by atoms with Crippen molar-refractivity contribution in [2.45, 2.75) is 25.8 Å². The second kappa shape index (κ2) is 10.2. The monoisotopic (exact) mass is 424 g/mol. The van der Waals surface area contributed by atoms with Crippen molar-refractivity contribution in [2.75, 3.05) is 59.0 Å². The van der Waals surface area contributed by atoms with Crippen LogP contribution in [-0.4, -0.2) is 91.7 Å². The van der Waals surface area contributed by atoms with Crippen LogP contribution in [0.1, 0.15) is 25.3 Å². The van der Waals surface area contributed by atoms with E-state index in [9.17, 15) is 18.4 Å². The molecule has 2 atom stereocenters. The van der Waals surface area contributed by atoms with E-state index in [2.05, 4.69) is 10.2 Å². The maximum Gasteiger partial charge on any atom is 0.317 e. The molecule has 0 bridgehead atoms. The third kappa shape index (κ3) is 5.46. The minimum absolute atomic E-state index is 0.103. The molecule has 2 heterocycles. The van der Waals surface area contributed by atoms with Crippen molar-refractivity contribution in [3.05, 3.63) is 35.4 Å². The van der Waals surface area contributed by atoms with Gasteiger partial charge in [0.15, 0.2) is 0 Å². The molecule has 2 saturated heterocycles. The number of nitrogens with zero attached hydrogens (tertiary/aromatic N) is 3. The molecule has 0 radical (unpaired) electrons. The number of hydrogen-bond acceptors (Lipinski definition) is 4. The molecule has 2 aliphatic rings. The molecule has 0 spiro atoms. The van der Waals surface area contributed by atoms with Gasteiger partial charge >= 0.3 is 6.03 Å². The summed E-state index contributed by atoms with van der Waals surface area (Å²) < 4.78 is 32.3. The van der Waals surface area contributed by atoms with Crippen molar-refractivity contribution in [2.24, 2.45) is 0 Å². The Kier molecular flexibility index (Phi) is 7.60. The number of rotatable bonds is 5. The Morgan fingerprint density at radius 2 is 1.70 bits per heavy atom. The molecule has 3 amide bonds. The average molecular weight is 424 g/mol. The fourth-order valence-corrected chi connectivity index (χ4v) is 3.88. The lowest BCUT2D eigenvalue weighted by Crippen LogP contribution is -2.57. The van der Waals surface area contributed by atoms with Crippen LogP contribution in [0.3, 0.4) is 0 Å². The van der Waals surface area contributed by atoms with E-state index in [1.54, 1.807) is 11.8 Å². The maximum atomic E-state index is 13.9. The van der Waals surface area contributed by atoms with E-state index in [1.165, 1.54) is 12.1 Å². The third-order valence-corrected chi connectivity index (χ3v) is 5.88. The second-order valence-corrected chi connectivity index (χ2v) is 7.89. The van der Waals surface area contributed by atoms with Gasteiger partial charge in [-0.3, -0.25) is 9.69 Å². The standard InChI is InChI=1S/C21H30F2N4O3/c1-15(18-4-3-17(22)13-19(18)23)14-24-21(29)27-7-5-25(6-8-27)16(2)20(28)26-9-11-30-12-10-26/h3-4,13,15-16H,5-12,14H2,1-2H3,(H,24,29). The van der Waals surface area contributed by atoms with Crippen molar-refractivity contribution < 1.29 is 23.1 Å². The lowest BCUT2D eigenvalue weighted by atomic mass is 10.0. The number of urea groups is 1. The van der Waals surface area contributed by atoms with Gasteiger partial charge in [-0.15, -0.1) is 0 Å². The Labute approximate surface area is 175 Å². The van der Waals surface area contributed by atoms with Crippen LogP contribution in [0.2, 0.25) is 0 Å². The van der Waals surface area contributed by atoms with Crippen molar-refractivity contribution in [1.82, 2.24) is 20.0 Å². The average Bonchev–Trinajstić information content (AvgIpc) is 2.77. The molecule has 0 aromatic heterocycles. The van der Waals surface area contributed by atoms with E-state index >= 15 is 0 Å². The summed E-state index contributed by atoms with van der Waals surface area (Å²) in [4.78, 5) is 30.8. The number of ether oxygens (including phenoxy) is 1. The zero-order valence-corrected chi connectivity index (χ0v) is 17.6. The Balaban J connectivity index is 1.44. The van der Waals surface area contributed by atoms with Crippen molar-refractivity contribution >= 4 is 11.9 Å². The summed E-state index contributed by atoms with van der Waals surface area (Å²) >= 11 is 0. The van der Waals surface area contributed by atoms with Crippen LogP contribution in [0.5, 0.6) is 0 Å². The Hall–Kier alpha value is -2.26. The van der Waals surface area contributed by atoms with Gasteiger partial charge in [-0.2, -0.15) is 0 Å². The first-order chi connectivity index (χ1) is 14.4. The van der Waals surface area contributed by atoms with Gasteiger partial charge in [0.1, 0.15) is 11.6 Å². The molecule has 1 aromatic carbocycles. The number of nitrogens with one attached hydrogen (secondary N) is 1. The van der Waals surface area contributed by atoms with Crippen LogP contribution >= 0.6 is 0 Å². The lowest BCUT2D eigenvalue weighted by molar-refractivity contribution is -0.141. The summed E-state index contributed by atoms with van der Waals surface area (Å²) in [5, 5.41) is 2.83. The molecule has 30 heavy (non-hydrogen) atoms. The fraction of sp³-hybridized carbons (Fsp3) is 0.619. The first-order valence-corrected chi connectivity index (χ1v) is 10.4. The van der Waals surface area contributed by atoms with E-state index in [0.717, 1.165) is 6.07 Å². The molecule has 2 fully saturated rings. The Bertz CT molecular complexity index is 750. The van der Waals surface area contributed by atoms with Gasteiger partial charge in [0.05, 0.1) is 19.3 Å². The van der Waals surface area contributed by atoms with Crippen LogP contribution in [-0.2, 0) is 9.53 Å². The molecular weight excluding hydrogens is 394 g/mol. The van der Waals surface area contributed by atoms with Crippen LogP contribution in [0.15, 0.2) is 18.2 Å². The zero-order valence-electron chi connectivity index (χ0n) is 17.6. The van der Waals surface area contributed by atoms with Crippen LogP contribution < -0.4 is 5.32 Å². The highest BCUT2D eigenvalue weighted by molar-refractivity contribution is 5.81. The number of carbonyl (C=O) groups is 2. The summed E-state index contributed by atoms with van der Waals surface area (Å²) in [6, 6.07) is 3.04. The summed E-state index contributed by atoms with van der Waals surface area (Å²) in [7, 11) is 0. The SMILES string of the molecule is CC(CNC(=O)N1CCN(C(C)C(=O)N2CCOCC2)CC1)c1ccc(F)cc1F. The molecule has 3 rings (SSSR count). The van der Waals surface area contributed by atoms with Gasteiger partial charge in [-0.05, 0) is 18.6 Å². The van der Waals surface area contributed by atoms with Gasteiger partial charge in [-0.1, -0.05) is 13.0 Å². The second-order valence-electron chi connectivity index (χ2n) is 7.89. The highest BCUT2D eigenvalue weighted by atomic mass is 19.1. The van der Waals surface area contributed by atoms with Crippen molar-refractivity contribution in [3.63, 3.8) is 0 Å². The Morgan fingerprint density at radius 1 is 1.03 bits per heavy atom. The minimum atomic E-state index is -0.619. The van der Waals surface area contributed by atoms with E-state index in [0.29, 0.717) is 58.0 Å². The first kappa shape index (κ1) is 22.4. The summed E-state index contributed by atoms with van der Waals surface area (Å²) in [6.45, 7) is 8.63. The minimum Gasteiger partial charge on any atom is -0.378 e. The predicted molar refractivity (Wildman–Crippen MR) is 108 cm³/mol. The van der Waals surface area contributed by atoms with E-state index in [-0.39, 0.29) is 30.4 Å². The topological polar surface area (TPSA) is 65.1 Å². The van der Waals surface area contributed by atoms with E-state index in [4.69, 9.17) is 4.74 Å². The van der Waals surface area contributed by atoms with Crippen LogP contribution in [0.4, 0.5) is 13.6 Å². The number of morpholine rings is 1. The summed E-state index contributed by atoms with van der Waals surface area (Å²) in [5.74, 6) is -1.40. The molecule has 0 aliphatic carbocycles. The van der Waals surface area contributed by atoms with Crippen molar-refractivity contribution in [3.8, 4) is 0 Å². The van der Waals surface area contributed by atoms with Crippen molar-refractivity contribution in [1.29, 1.82) is 0 Å². The quantitative estimate of drug-likeness (QED) is 0.781. The predicted octanol–water partition coefficient (Wildman–Crippen LogP) is 1.64. The highest BCUT2D eigenvalue weighted by Gasteiger charge is 2.30. The van der Waals surface area contributed by atoms with Crippen LogP contribution in [0.25, 0.3) is 0 Å². The van der Waals surface area contributed by atoms with Gasteiger partial charge < -0.3 is 19.9 Å². The molecule has 9 heteroatoms. The molecule has 7 nitrogen and oxygen atoms in total. The van der Waals surface area contributed by atoms with E-state index < -0.39 is 11.6 Å².